The number of hydrogen-bond acceptors (Lipinski definition) is 2. The molecule has 1 aromatic heterocycles. The largest absolute Gasteiger partial charge is 0.374 e. The monoisotopic (exact) mass is 693 g/mol. The summed E-state index contributed by atoms with van der Waals surface area (Å²) in [5.74, 6) is 0. The van der Waals surface area contributed by atoms with E-state index in [1.165, 1.54) is 81.0 Å². The smallest absolute Gasteiger partial charge is 0.0701 e. The standard InChI is InChI=1S/C51H35NS/c1-2-10-34(11-3-1)36-14-8-15-37(28-36)40-21-24-47(52-51-27-26-50(51,33-51)43-23-20-35-12-4-5-13-39(35)30-43)45(31-40)42-17-9-16-38(29-42)41-22-25-49-46(32-41)44-18-6-7-19-48(44)53-49/h1-32,52H,33H2/t50?,51-/m0/s1. The maximum absolute atomic E-state index is 4.11. The van der Waals surface area contributed by atoms with E-state index in [0.29, 0.717) is 0 Å². The highest BCUT2D eigenvalue weighted by molar-refractivity contribution is 7.25. The lowest BCUT2D eigenvalue weighted by atomic mass is 9.81. The highest BCUT2D eigenvalue weighted by atomic mass is 32.1. The molecule has 0 amide bonds. The molecular formula is C51H35NS. The molecule has 0 saturated heterocycles. The number of rotatable bonds is 7. The van der Waals surface area contributed by atoms with E-state index in [9.17, 15) is 0 Å². The number of benzene rings is 8. The Morgan fingerprint density at radius 1 is 0.415 bits per heavy atom. The summed E-state index contributed by atoms with van der Waals surface area (Å²) < 4.78 is 2.66. The van der Waals surface area contributed by atoms with Crippen LogP contribution in [-0.4, -0.2) is 5.54 Å². The van der Waals surface area contributed by atoms with Gasteiger partial charge in [0.15, 0.2) is 0 Å². The molecule has 1 N–H and O–H groups in total. The van der Waals surface area contributed by atoms with Crippen molar-refractivity contribution < 1.29 is 0 Å². The van der Waals surface area contributed by atoms with Crippen molar-refractivity contribution >= 4 is 48.0 Å². The van der Waals surface area contributed by atoms with Gasteiger partial charge in [-0.2, -0.15) is 0 Å². The third-order valence-electron chi connectivity index (χ3n) is 11.7. The number of fused-ring (bicyclic) bond motifs is 5. The second kappa shape index (κ2) is 11.6. The Kier molecular flexibility index (Phi) is 6.68. The van der Waals surface area contributed by atoms with E-state index in [0.717, 1.165) is 12.1 Å². The number of nitrogens with one attached hydrogen (secondary N) is 1. The predicted octanol–water partition coefficient (Wildman–Crippen LogP) is 13.9. The summed E-state index contributed by atoms with van der Waals surface area (Å²) in [6, 6.07) is 67.0. The molecule has 0 bridgehead atoms. The van der Waals surface area contributed by atoms with Crippen LogP contribution in [0.4, 0.5) is 5.69 Å². The molecule has 0 aliphatic heterocycles. The van der Waals surface area contributed by atoms with Crippen molar-refractivity contribution in [1.82, 2.24) is 0 Å². The quantitative estimate of drug-likeness (QED) is 0.164. The molecule has 2 atom stereocenters. The van der Waals surface area contributed by atoms with Crippen molar-refractivity contribution in [2.75, 3.05) is 5.32 Å². The fourth-order valence-electron chi connectivity index (χ4n) is 8.71. The Balaban J connectivity index is 1.01. The Hall–Kier alpha value is -6.22. The summed E-state index contributed by atoms with van der Waals surface area (Å²) in [5, 5.41) is 9.35. The number of anilines is 1. The molecule has 11 rings (SSSR count). The van der Waals surface area contributed by atoms with Crippen LogP contribution < -0.4 is 5.32 Å². The van der Waals surface area contributed by atoms with Crippen molar-refractivity contribution in [2.24, 2.45) is 0 Å². The van der Waals surface area contributed by atoms with E-state index in [1.807, 2.05) is 11.3 Å². The van der Waals surface area contributed by atoms with E-state index in [2.05, 4.69) is 199 Å². The summed E-state index contributed by atoms with van der Waals surface area (Å²) in [6.45, 7) is 0. The highest BCUT2D eigenvalue weighted by Gasteiger charge is 2.71. The van der Waals surface area contributed by atoms with Crippen molar-refractivity contribution in [1.29, 1.82) is 0 Å². The molecule has 250 valence electrons. The summed E-state index contributed by atoms with van der Waals surface area (Å²) >= 11 is 1.87. The van der Waals surface area contributed by atoms with Gasteiger partial charge in [0, 0.05) is 36.8 Å². The molecule has 1 fully saturated rings. The number of hydrogen-bond donors (Lipinski definition) is 1. The molecule has 2 aliphatic carbocycles. The first-order valence-corrected chi connectivity index (χ1v) is 19.3. The zero-order valence-electron chi connectivity index (χ0n) is 29.1. The van der Waals surface area contributed by atoms with Gasteiger partial charge in [0.05, 0.1) is 5.54 Å². The fraction of sp³-hybridized carbons (Fsp3) is 0.0588. The van der Waals surface area contributed by atoms with Crippen LogP contribution in [0.5, 0.6) is 0 Å². The van der Waals surface area contributed by atoms with Crippen LogP contribution in [-0.2, 0) is 5.41 Å². The Bertz CT molecular complexity index is 2920. The third kappa shape index (κ3) is 4.90. The van der Waals surface area contributed by atoms with Crippen molar-refractivity contribution in [2.45, 2.75) is 17.4 Å². The second-order valence-electron chi connectivity index (χ2n) is 14.7. The van der Waals surface area contributed by atoms with Crippen LogP contribution in [0, 0.1) is 0 Å². The third-order valence-corrected chi connectivity index (χ3v) is 12.9. The van der Waals surface area contributed by atoms with E-state index in [4.69, 9.17) is 0 Å². The van der Waals surface area contributed by atoms with Crippen molar-refractivity contribution in [3.63, 3.8) is 0 Å². The fourth-order valence-corrected chi connectivity index (χ4v) is 9.80. The first kappa shape index (κ1) is 30.4. The number of thiophene rings is 1. The highest BCUT2D eigenvalue weighted by Crippen LogP contribution is 2.67. The Morgan fingerprint density at radius 3 is 1.89 bits per heavy atom. The van der Waals surface area contributed by atoms with Crippen molar-refractivity contribution in [3.05, 3.63) is 200 Å². The molecule has 8 aromatic carbocycles. The lowest BCUT2D eigenvalue weighted by molar-refractivity contribution is 0.700. The van der Waals surface area contributed by atoms with Crippen LogP contribution in [0.25, 0.3) is 75.5 Å². The van der Waals surface area contributed by atoms with Gasteiger partial charge in [0.2, 0.25) is 0 Å². The van der Waals surface area contributed by atoms with Crippen LogP contribution in [0.2, 0.25) is 0 Å². The predicted molar refractivity (Wildman–Crippen MR) is 227 cm³/mol. The molecule has 1 unspecified atom stereocenters. The maximum Gasteiger partial charge on any atom is 0.0701 e. The van der Waals surface area contributed by atoms with Gasteiger partial charge in [0.1, 0.15) is 0 Å². The van der Waals surface area contributed by atoms with Crippen LogP contribution >= 0.6 is 11.3 Å². The molecule has 9 aromatic rings. The molecule has 53 heavy (non-hydrogen) atoms. The van der Waals surface area contributed by atoms with Gasteiger partial charge in [-0.3, -0.25) is 0 Å². The normalized spacial score (nSPS) is 18.6. The zero-order valence-corrected chi connectivity index (χ0v) is 29.9. The van der Waals surface area contributed by atoms with E-state index >= 15 is 0 Å². The van der Waals surface area contributed by atoms with E-state index in [1.54, 1.807) is 0 Å². The zero-order chi connectivity index (χ0) is 35.0. The maximum atomic E-state index is 4.11. The topological polar surface area (TPSA) is 12.0 Å². The second-order valence-corrected chi connectivity index (χ2v) is 15.8. The van der Waals surface area contributed by atoms with E-state index < -0.39 is 0 Å². The first-order chi connectivity index (χ1) is 26.1. The van der Waals surface area contributed by atoms with Crippen LogP contribution in [0.3, 0.4) is 0 Å². The van der Waals surface area contributed by atoms with Crippen LogP contribution in [0.15, 0.2) is 194 Å². The average molecular weight is 694 g/mol. The molecule has 0 radical (unpaired) electrons. The lowest BCUT2D eigenvalue weighted by Gasteiger charge is -2.32. The minimum absolute atomic E-state index is 0.0115. The first-order valence-electron chi connectivity index (χ1n) is 18.4. The van der Waals surface area contributed by atoms with Gasteiger partial charge < -0.3 is 5.32 Å². The minimum atomic E-state index is -0.0956. The lowest BCUT2D eigenvalue weighted by Crippen LogP contribution is -2.35. The molecule has 0 spiro atoms. The summed E-state index contributed by atoms with van der Waals surface area (Å²) in [4.78, 5) is 0. The molecule has 1 heterocycles. The molecule has 2 heteroatoms. The minimum Gasteiger partial charge on any atom is -0.374 e. The average Bonchev–Trinajstić information content (AvgIpc) is 3.48. The van der Waals surface area contributed by atoms with Gasteiger partial charge in [-0.15, -0.1) is 11.3 Å². The van der Waals surface area contributed by atoms with Gasteiger partial charge in [-0.05, 0) is 104 Å². The molecule has 1 nitrogen and oxygen atoms in total. The summed E-state index contributed by atoms with van der Waals surface area (Å²) in [7, 11) is 0. The molecule has 1 saturated carbocycles. The Labute approximate surface area is 313 Å². The SMILES string of the molecule is C1=C[C@]2(Nc3ccc(-c4cccc(-c5ccccc5)c4)cc3-c3cccc(-c4ccc5sc6ccccc6c5c4)c3)CC12c1ccc2ccccc2c1. The van der Waals surface area contributed by atoms with Gasteiger partial charge in [-0.25, -0.2) is 0 Å². The summed E-state index contributed by atoms with van der Waals surface area (Å²) in [6.07, 6.45) is 5.87. The van der Waals surface area contributed by atoms with Crippen molar-refractivity contribution in [3.8, 4) is 44.5 Å². The molecular weight excluding hydrogens is 659 g/mol. The molecule has 2 aliphatic rings. The van der Waals surface area contributed by atoms with Crippen LogP contribution in [0.1, 0.15) is 12.0 Å². The Morgan fingerprint density at radius 2 is 1.06 bits per heavy atom. The van der Waals surface area contributed by atoms with E-state index in [-0.39, 0.29) is 11.0 Å². The van der Waals surface area contributed by atoms with Gasteiger partial charge >= 0.3 is 0 Å². The summed E-state index contributed by atoms with van der Waals surface area (Å²) in [5.41, 5.74) is 12.2. The van der Waals surface area contributed by atoms with Gasteiger partial charge in [-0.1, -0.05) is 152 Å². The van der Waals surface area contributed by atoms with Gasteiger partial charge in [0.25, 0.3) is 0 Å².